The van der Waals surface area contributed by atoms with Crippen LogP contribution in [-0.2, 0) is 13.0 Å². The van der Waals surface area contributed by atoms with Crippen LogP contribution in [0.5, 0.6) is 0 Å². The maximum absolute atomic E-state index is 14.0. The molecule has 4 aromatic rings. The Hall–Kier alpha value is -4.41. The van der Waals surface area contributed by atoms with Gasteiger partial charge in [0, 0.05) is 48.9 Å². The summed E-state index contributed by atoms with van der Waals surface area (Å²) in [4.78, 5) is 28.6. The van der Waals surface area contributed by atoms with Crippen molar-refractivity contribution >= 4 is 11.8 Å². The van der Waals surface area contributed by atoms with Gasteiger partial charge in [-0.3, -0.25) is 14.7 Å². The predicted molar refractivity (Wildman–Crippen MR) is 171 cm³/mol. The van der Waals surface area contributed by atoms with Gasteiger partial charge in [0.2, 0.25) is 0 Å². The van der Waals surface area contributed by atoms with Gasteiger partial charge in [-0.05, 0) is 73.2 Å². The molecule has 10 heteroatoms. The highest BCUT2D eigenvalue weighted by Crippen LogP contribution is 2.21. The second kappa shape index (κ2) is 16.1. The van der Waals surface area contributed by atoms with E-state index in [0.717, 1.165) is 41.3 Å². The Labute approximate surface area is 262 Å². The number of H-pyrrole nitrogens is 1. The molecule has 0 aliphatic rings. The molecule has 0 saturated carbocycles. The number of benzene rings is 3. The van der Waals surface area contributed by atoms with Crippen LogP contribution < -0.4 is 10.6 Å². The third kappa shape index (κ3) is 9.29. The number of aryl methyl sites for hydroxylation is 1. The second-order valence-electron chi connectivity index (χ2n) is 11.3. The van der Waals surface area contributed by atoms with Crippen molar-refractivity contribution in [3.8, 4) is 11.3 Å². The van der Waals surface area contributed by atoms with Crippen molar-refractivity contribution in [1.82, 2.24) is 25.7 Å². The summed E-state index contributed by atoms with van der Waals surface area (Å²) in [5, 5.41) is 24.5. The van der Waals surface area contributed by atoms with Gasteiger partial charge < -0.3 is 20.6 Å². The molecule has 3 aromatic carbocycles. The maximum atomic E-state index is 14.0. The number of aromatic nitrogens is 2. The topological polar surface area (TPSA) is 110 Å². The predicted octanol–water partition coefficient (Wildman–Crippen LogP) is 5.42. The van der Waals surface area contributed by atoms with Crippen LogP contribution in [0.2, 0.25) is 0 Å². The van der Waals surface area contributed by atoms with Crippen molar-refractivity contribution in [2.24, 2.45) is 0 Å². The lowest BCUT2D eigenvalue weighted by atomic mass is 9.99. The molecule has 2 atom stereocenters. The Morgan fingerprint density at radius 3 is 2.29 bits per heavy atom. The van der Waals surface area contributed by atoms with E-state index in [1.54, 1.807) is 29.3 Å². The van der Waals surface area contributed by atoms with E-state index in [1.807, 2.05) is 51.1 Å². The van der Waals surface area contributed by atoms with E-state index >= 15 is 0 Å². The first-order valence-corrected chi connectivity index (χ1v) is 15.3. The largest absolute Gasteiger partial charge is 0.390 e. The van der Waals surface area contributed by atoms with Crippen LogP contribution in [0.15, 0.2) is 72.9 Å². The molecule has 0 unspecified atom stereocenters. The summed E-state index contributed by atoms with van der Waals surface area (Å²) >= 11 is 0. The van der Waals surface area contributed by atoms with Crippen LogP contribution in [0.1, 0.15) is 64.1 Å². The zero-order chi connectivity index (χ0) is 32.3. The number of rotatable bonds is 15. The molecule has 4 N–H and O–H groups in total. The average Bonchev–Trinajstić information content (AvgIpc) is 3.48. The highest BCUT2D eigenvalue weighted by molar-refractivity contribution is 6.00. The number of carbonyl (C=O) groups excluding carboxylic acids is 2. The molecule has 0 fully saturated rings. The molecule has 0 aliphatic carbocycles. The Morgan fingerprint density at radius 2 is 1.62 bits per heavy atom. The minimum Gasteiger partial charge on any atom is -0.390 e. The van der Waals surface area contributed by atoms with Crippen LogP contribution in [0.4, 0.5) is 8.78 Å². The number of hydrogen-bond donors (Lipinski definition) is 4. The smallest absolute Gasteiger partial charge is 0.253 e. The number of carbonyl (C=O) groups is 2. The highest BCUT2D eigenvalue weighted by Gasteiger charge is 2.24. The van der Waals surface area contributed by atoms with Gasteiger partial charge in [0.1, 0.15) is 11.6 Å². The van der Waals surface area contributed by atoms with Gasteiger partial charge in [-0.2, -0.15) is 5.10 Å². The van der Waals surface area contributed by atoms with E-state index in [-0.39, 0.29) is 30.0 Å². The van der Waals surface area contributed by atoms with Crippen molar-refractivity contribution in [2.45, 2.75) is 58.7 Å². The molecule has 238 valence electrons. The van der Waals surface area contributed by atoms with Crippen molar-refractivity contribution in [3.05, 3.63) is 112 Å². The normalized spacial score (nSPS) is 12.5. The molecule has 0 saturated heterocycles. The first-order valence-electron chi connectivity index (χ1n) is 15.3. The van der Waals surface area contributed by atoms with Crippen LogP contribution in [0.3, 0.4) is 0 Å². The fourth-order valence-corrected chi connectivity index (χ4v) is 5.39. The number of hydrogen-bond acceptors (Lipinski definition) is 5. The molecule has 4 rings (SSSR count). The summed E-state index contributed by atoms with van der Waals surface area (Å²) in [5.41, 5.74) is 4.38. The standard InChI is InChI=1S/C35H41F2N5O3/c1-4-11-42(12-5-2)35(45)27-14-23(3)13-26(18-27)34(44)40-31(17-24-15-29(36)19-30(37)16-24)32(43)22-38-20-28-21-39-41-33(28)25-9-7-6-8-10-25/h6-10,13-16,18-19,21,31-32,38,43H,4-5,11-12,17,20,22H2,1-3H3,(H,39,41)(H,40,44)/t31-,32+/m0/s1. The molecule has 2 amide bonds. The lowest BCUT2D eigenvalue weighted by Crippen LogP contribution is -2.48. The Kier molecular flexibility index (Phi) is 11.9. The first-order chi connectivity index (χ1) is 21.7. The van der Waals surface area contributed by atoms with Gasteiger partial charge in [-0.1, -0.05) is 44.2 Å². The number of aliphatic hydroxyl groups is 1. The van der Waals surface area contributed by atoms with Crippen LogP contribution in [0, 0.1) is 18.6 Å². The van der Waals surface area contributed by atoms with E-state index in [1.165, 1.54) is 12.1 Å². The minimum absolute atomic E-state index is 0.0252. The van der Waals surface area contributed by atoms with Gasteiger partial charge in [0.05, 0.1) is 24.0 Å². The fourth-order valence-electron chi connectivity index (χ4n) is 5.39. The van der Waals surface area contributed by atoms with Crippen LogP contribution in [0.25, 0.3) is 11.3 Å². The molecular weight excluding hydrogens is 576 g/mol. The van der Waals surface area contributed by atoms with E-state index in [2.05, 4.69) is 20.8 Å². The molecule has 0 aliphatic heterocycles. The van der Waals surface area contributed by atoms with Crippen LogP contribution >= 0.6 is 0 Å². The second-order valence-corrected chi connectivity index (χ2v) is 11.3. The summed E-state index contributed by atoms with van der Waals surface area (Å²) in [7, 11) is 0. The number of nitrogens with one attached hydrogen (secondary N) is 3. The zero-order valence-corrected chi connectivity index (χ0v) is 25.9. The molecule has 8 nitrogen and oxygen atoms in total. The van der Waals surface area contributed by atoms with Crippen molar-refractivity contribution < 1.29 is 23.5 Å². The Morgan fingerprint density at radius 1 is 0.956 bits per heavy atom. The van der Waals surface area contributed by atoms with Crippen molar-refractivity contribution in [2.75, 3.05) is 19.6 Å². The zero-order valence-electron chi connectivity index (χ0n) is 25.9. The molecule has 0 bridgehead atoms. The van der Waals surface area contributed by atoms with Crippen LogP contribution in [-0.4, -0.2) is 63.8 Å². The fraction of sp³-hybridized carbons (Fsp3) is 0.343. The van der Waals surface area contributed by atoms with Crippen molar-refractivity contribution in [1.29, 1.82) is 0 Å². The quantitative estimate of drug-likeness (QED) is 0.143. The summed E-state index contributed by atoms with van der Waals surface area (Å²) in [6.07, 6.45) is 2.18. The van der Waals surface area contributed by atoms with Gasteiger partial charge in [0.25, 0.3) is 11.8 Å². The van der Waals surface area contributed by atoms with Gasteiger partial charge in [-0.25, -0.2) is 8.78 Å². The molecule has 45 heavy (non-hydrogen) atoms. The Bertz CT molecular complexity index is 1550. The molecular formula is C35H41F2N5O3. The number of amides is 2. The summed E-state index contributed by atoms with van der Waals surface area (Å²) in [6, 6.07) is 16.9. The lowest BCUT2D eigenvalue weighted by Gasteiger charge is -2.25. The summed E-state index contributed by atoms with van der Waals surface area (Å²) < 4.78 is 28.1. The monoisotopic (exact) mass is 617 g/mol. The summed E-state index contributed by atoms with van der Waals surface area (Å²) in [5.74, 6) is -2.16. The average molecular weight is 618 g/mol. The van der Waals surface area contributed by atoms with E-state index in [9.17, 15) is 23.5 Å². The van der Waals surface area contributed by atoms with Gasteiger partial charge >= 0.3 is 0 Å². The molecule has 1 aromatic heterocycles. The molecule has 0 spiro atoms. The lowest BCUT2D eigenvalue weighted by molar-refractivity contribution is 0.0755. The summed E-state index contributed by atoms with van der Waals surface area (Å²) in [6.45, 7) is 7.49. The third-order valence-corrected chi connectivity index (χ3v) is 7.47. The van der Waals surface area contributed by atoms with Crippen molar-refractivity contribution in [3.63, 3.8) is 0 Å². The third-order valence-electron chi connectivity index (χ3n) is 7.47. The van der Waals surface area contributed by atoms with Gasteiger partial charge in [0.15, 0.2) is 0 Å². The molecule has 0 radical (unpaired) electrons. The number of aromatic amines is 1. The van der Waals surface area contributed by atoms with E-state index < -0.39 is 29.7 Å². The highest BCUT2D eigenvalue weighted by atomic mass is 19.1. The molecule has 1 heterocycles. The number of halogens is 2. The minimum atomic E-state index is -1.12. The number of aliphatic hydroxyl groups excluding tert-OH is 1. The van der Waals surface area contributed by atoms with Gasteiger partial charge in [-0.15, -0.1) is 0 Å². The maximum Gasteiger partial charge on any atom is 0.253 e. The number of nitrogens with zero attached hydrogens (tertiary/aromatic N) is 2. The first kappa shape index (κ1) is 33.5. The SMILES string of the molecule is CCCN(CCC)C(=O)c1cc(C)cc(C(=O)N[C@@H](Cc2cc(F)cc(F)c2)[C@H](O)CNCc2cn[nH]c2-c2ccccc2)c1. The Balaban J connectivity index is 1.52. The van der Waals surface area contributed by atoms with E-state index in [4.69, 9.17) is 0 Å². The van der Waals surface area contributed by atoms with E-state index in [0.29, 0.717) is 25.2 Å².